The van der Waals surface area contributed by atoms with Gasteiger partial charge in [-0.25, -0.2) is 0 Å². The number of hydrogen-bond acceptors (Lipinski definition) is 3. The van der Waals surface area contributed by atoms with Crippen LogP contribution >= 0.6 is 12.4 Å². The van der Waals surface area contributed by atoms with E-state index in [9.17, 15) is 5.11 Å². The number of rotatable bonds is 7. The quantitative estimate of drug-likeness (QED) is 0.752. The van der Waals surface area contributed by atoms with Gasteiger partial charge in [-0.05, 0) is 48.5 Å². The van der Waals surface area contributed by atoms with E-state index in [-0.39, 0.29) is 30.0 Å². The SMILES string of the molecule is CC(NCC(O)COC1C2(C)CCC(C2)C1(C)C)c1ccccc1.Cl. The number of fused-ring (bicyclic) bond motifs is 2. The van der Waals surface area contributed by atoms with Crippen molar-refractivity contribution in [2.75, 3.05) is 13.2 Å². The average Bonchev–Trinajstić information content (AvgIpc) is 3.04. The Morgan fingerprint density at radius 1 is 1.24 bits per heavy atom. The summed E-state index contributed by atoms with van der Waals surface area (Å²) in [5.74, 6) is 0.779. The van der Waals surface area contributed by atoms with Crippen LogP contribution in [0.5, 0.6) is 0 Å². The predicted octanol–water partition coefficient (Wildman–Crippen LogP) is 4.35. The van der Waals surface area contributed by atoms with Gasteiger partial charge >= 0.3 is 0 Å². The summed E-state index contributed by atoms with van der Waals surface area (Å²) in [4.78, 5) is 0. The summed E-state index contributed by atoms with van der Waals surface area (Å²) < 4.78 is 6.26. The summed E-state index contributed by atoms with van der Waals surface area (Å²) in [6, 6.07) is 10.6. The van der Waals surface area contributed by atoms with Crippen molar-refractivity contribution in [3.63, 3.8) is 0 Å². The zero-order valence-corrected chi connectivity index (χ0v) is 16.8. The zero-order chi connectivity index (χ0) is 17.4. The maximum absolute atomic E-state index is 10.3. The van der Waals surface area contributed by atoms with Crippen LogP contribution in [0, 0.1) is 16.7 Å². The molecule has 3 nitrogen and oxygen atoms in total. The van der Waals surface area contributed by atoms with Crippen molar-refractivity contribution in [3.8, 4) is 0 Å². The Bertz CT molecular complexity index is 545. The van der Waals surface area contributed by atoms with Crippen LogP contribution in [0.3, 0.4) is 0 Å². The largest absolute Gasteiger partial charge is 0.389 e. The van der Waals surface area contributed by atoms with E-state index < -0.39 is 6.10 Å². The lowest BCUT2D eigenvalue weighted by atomic mass is 9.70. The van der Waals surface area contributed by atoms with Gasteiger partial charge < -0.3 is 15.2 Å². The fourth-order valence-corrected chi connectivity index (χ4v) is 5.11. The van der Waals surface area contributed by atoms with Crippen molar-refractivity contribution in [2.45, 2.75) is 65.2 Å². The van der Waals surface area contributed by atoms with Crippen LogP contribution in [0.1, 0.15) is 58.6 Å². The van der Waals surface area contributed by atoms with Crippen molar-refractivity contribution in [2.24, 2.45) is 16.7 Å². The Hall–Kier alpha value is -0.610. The number of nitrogens with one attached hydrogen (secondary N) is 1. The molecule has 0 saturated heterocycles. The van der Waals surface area contributed by atoms with Gasteiger partial charge in [0.25, 0.3) is 0 Å². The van der Waals surface area contributed by atoms with Crippen molar-refractivity contribution >= 4 is 12.4 Å². The van der Waals surface area contributed by atoms with Crippen molar-refractivity contribution in [3.05, 3.63) is 35.9 Å². The van der Waals surface area contributed by atoms with Gasteiger partial charge in [-0.15, -0.1) is 12.4 Å². The summed E-state index contributed by atoms with van der Waals surface area (Å²) in [7, 11) is 0. The molecule has 25 heavy (non-hydrogen) atoms. The minimum Gasteiger partial charge on any atom is -0.389 e. The third kappa shape index (κ3) is 4.21. The monoisotopic (exact) mass is 367 g/mol. The lowest BCUT2D eigenvalue weighted by Gasteiger charge is -2.42. The van der Waals surface area contributed by atoms with E-state index in [4.69, 9.17) is 4.74 Å². The van der Waals surface area contributed by atoms with Crippen LogP contribution in [0.2, 0.25) is 0 Å². The molecule has 1 aromatic carbocycles. The zero-order valence-electron chi connectivity index (χ0n) is 16.0. The highest BCUT2D eigenvalue weighted by molar-refractivity contribution is 5.85. The van der Waals surface area contributed by atoms with Crippen LogP contribution in [-0.4, -0.2) is 30.5 Å². The van der Waals surface area contributed by atoms with Crippen LogP contribution in [0.4, 0.5) is 0 Å². The lowest BCUT2D eigenvalue weighted by molar-refractivity contribution is -0.110. The first kappa shape index (κ1) is 20.7. The summed E-state index contributed by atoms with van der Waals surface area (Å²) in [5, 5.41) is 13.8. The van der Waals surface area contributed by atoms with Gasteiger partial charge in [0.2, 0.25) is 0 Å². The fourth-order valence-electron chi connectivity index (χ4n) is 5.11. The first-order chi connectivity index (χ1) is 11.3. The Morgan fingerprint density at radius 2 is 1.92 bits per heavy atom. The van der Waals surface area contributed by atoms with Crippen LogP contribution in [-0.2, 0) is 4.74 Å². The topological polar surface area (TPSA) is 41.5 Å². The average molecular weight is 368 g/mol. The molecule has 1 aromatic rings. The second kappa shape index (κ2) is 7.96. The van der Waals surface area contributed by atoms with Gasteiger partial charge in [0, 0.05) is 12.6 Å². The molecule has 0 aliphatic heterocycles. The maximum Gasteiger partial charge on any atom is 0.0898 e. The third-order valence-corrected chi connectivity index (χ3v) is 6.55. The number of aliphatic hydroxyl groups is 1. The summed E-state index contributed by atoms with van der Waals surface area (Å²) in [6.45, 7) is 10.2. The maximum atomic E-state index is 10.3. The van der Waals surface area contributed by atoms with Crippen LogP contribution in [0.15, 0.2) is 30.3 Å². The van der Waals surface area contributed by atoms with Crippen molar-refractivity contribution in [1.29, 1.82) is 0 Å². The van der Waals surface area contributed by atoms with Crippen molar-refractivity contribution in [1.82, 2.24) is 5.32 Å². The van der Waals surface area contributed by atoms with Gasteiger partial charge in [0.05, 0.1) is 18.8 Å². The number of halogens is 1. The summed E-state index contributed by atoms with van der Waals surface area (Å²) in [5.41, 5.74) is 1.78. The van der Waals surface area contributed by atoms with Gasteiger partial charge in [-0.2, -0.15) is 0 Å². The molecule has 2 saturated carbocycles. The Labute approximate surface area is 159 Å². The molecule has 2 aliphatic carbocycles. The number of benzene rings is 1. The number of ether oxygens (including phenoxy) is 1. The molecule has 2 fully saturated rings. The van der Waals surface area contributed by atoms with Gasteiger partial charge in [-0.1, -0.05) is 51.1 Å². The van der Waals surface area contributed by atoms with Crippen LogP contribution in [0.25, 0.3) is 0 Å². The second-order valence-corrected chi connectivity index (χ2v) is 8.82. The normalized spacial score (nSPS) is 32.2. The molecule has 5 unspecified atom stereocenters. The molecule has 0 radical (unpaired) electrons. The molecule has 2 aliphatic rings. The summed E-state index contributed by atoms with van der Waals surface area (Å²) in [6.07, 6.45) is 3.69. The lowest BCUT2D eigenvalue weighted by Crippen LogP contribution is -2.44. The minimum atomic E-state index is -0.463. The van der Waals surface area contributed by atoms with E-state index in [2.05, 4.69) is 45.1 Å². The van der Waals surface area contributed by atoms with Crippen LogP contribution < -0.4 is 5.32 Å². The first-order valence-corrected chi connectivity index (χ1v) is 9.41. The minimum absolute atomic E-state index is 0. The number of aliphatic hydroxyl groups excluding tert-OH is 1. The van der Waals surface area contributed by atoms with Gasteiger partial charge in [0.15, 0.2) is 0 Å². The molecule has 3 rings (SSSR count). The number of hydrogen-bond donors (Lipinski definition) is 2. The molecule has 0 aromatic heterocycles. The molecule has 0 amide bonds. The molecule has 142 valence electrons. The van der Waals surface area contributed by atoms with E-state index in [0.29, 0.717) is 18.6 Å². The molecule has 0 heterocycles. The predicted molar refractivity (Wildman–Crippen MR) is 105 cm³/mol. The van der Waals surface area contributed by atoms with E-state index >= 15 is 0 Å². The van der Waals surface area contributed by atoms with E-state index in [1.807, 2.05) is 18.2 Å². The standard InChI is InChI=1S/C21H33NO2.ClH/c1-15(16-8-6-5-7-9-16)22-13-18(23)14-24-19-20(2,3)17-10-11-21(19,4)12-17;/h5-9,15,17-19,22-23H,10-14H2,1-4H3;1H. The molecule has 5 atom stereocenters. The first-order valence-electron chi connectivity index (χ1n) is 9.41. The molecule has 4 heteroatoms. The highest BCUT2D eigenvalue weighted by atomic mass is 35.5. The highest BCUT2D eigenvalue weighted by Gasteiger charge is 2.60. The van der Waals surface area contributed by atoms with E-state index in [0.717, 1.165) is 5.92 Å². The molecule has 2 bridgehead atoms. The molecule has 0 spiro atoms. The summed E-state index contributed by atoms with van der Waals surface area (Å²) >= 11 is 0. The Kier molecular flexibility index (Phi) is 6.59. The third-order valence-electron chi connectivity index (χ3n) is 6.55. The van der Waals surface area contributed by atoms with E-state index in [1.165, 1.54) is 24.8 Å². The molecular formula is C21H34ClNO2. The Balaban J connectivity index is 0.00000225. The molecule has 2 N–H and O–H groups in total. The van der Waals surface area contributed by atoms with Gasteiger partial charge in [0.1, 0.15) is 0 Å². The van der Waals surface area contributed by atoms with Crippen molar-refractivity contribution < 1.29 is 9.84 Å². The smallest absolute Gasteiger partial charge is 0.0898 e. The second-order valence-electron chi connectivity index (χ2n) is 8.82. The molecular weight excluding hydrogens is 334 g/mol. The van der Waals surface area contributed by atoms with Gasteiger partial charge in [-0.3, -0.25) is 0 Å². The fraction of sp³-hybridized carbons (Fsp3) is 0.714. The Morgan fingerprint density at radius 3 is 2.52 bits per heavy atom. The highest BCUT2D eigenvalue weighted by Crippen LogP contribution is 2.63. The van der Waals surface area contributed by atoms with E-state index in [1.54, 1.807) is 0 Å².